The van der Waals surface area contributed by atoms with Crippen LogP contribution in [0.2, 0.25) is 5.02 Å². The maximum atomic E-state index is 12.5. The molecule has 33 heavy (non-hydrogen) atoms. The quantitative estimate of drug-likeness (QED) is 0.581. The predicted octanol–water partition coefficient (Wildman–Crippen LogP) is 3.87. The van der Waals surface area contributed by atoms with Crippen LogP contribution in [0.15, 0.2) is 60.9 Å². The molecule has 170 valence electrons. The molecule has 1 aromatic carbocycles. The summed E-state index contributed by atoms with van der Waals surface area (Å²) in [5, 5.41) is 9.38. The smallest absolute Gasteiger partial charge is 0.415 e. The van der Waals surface area contributed by atoms with E-state index in [9.17, 15) is 9.59 Å². The van der Waals surface area contributed by atoms with Crippen LogP contribution in [0, 0.1) is 0 Å². The van der Waals surface area contributed by atoms with E-state index in [1.165, 1.54) is 6.20 Å². The van der Waals surface area contributed by atoms with Gasteiger partial charge in [-0.15, -0.1) is 0 Å². The lowest BCUT2D eigenvalue weighted by Gasteiger charge is -2.34. The molecule has 0 atom stereocenters. The number of ether oxygens (including phenoxy) is 2. The van der Waals surface area contributed by atoms with Gasteiger partial charge in [0.05, 0.1) is 11.4 Å². The number of nitrogens with zero attached hydrogens (tertiary/aromatic N) is 4. The fraction of sp³-hybridized carbons (Fsp3) is 0.217. The van der Waals surface area contributed by atoms with Gasteiger partial charge in [-0.25, -0.2) is 14.8 Å². The minimum atomic E-state index is -0.891. The van der Waals surface area contributed by atoms with Crippen LogP contribution < -0.4 is 14.4 Å². The number of hydrogen-bond donors (Lipinski definition) is 1. The second-order valence-corrected chi connectivity index (χ2v) is 7.76. The third kappa shape index (κ3) is 6.11. The Hall–Kier alpha value is -3.85. The van der Waals surface area contributed by atoms with Crippen molar-refractivity contribution in [3.63, 3.8) is 0 Å². The largest absolute Gasteiger partial charge is 0.481 e. The number of piperazine rings is 1. The highest BCUT2D eigenvalue weighted by molar-refractivity contribution is 6.30. The van der Waals surface area contributed by atoms with Crippen LogP contribution in [0.4, 0.5) is 10.6 Å². The minimum Gasteiger partial charge on any atom is -0.481 e. The topological polar surface area (TPSA) is 105 Å². The van der Waals surface area contributed by atoms with Gasteiger partial charge in [0.25, 0.3) is 0 Å². The minimum absolute atomic E-state index is 0.0575. The number of rotatable bonds is 6. The normalized spacial score (nSPS) is 13.5. The Morgan fingerprint density at radius 2 is 1.64 bits per heavy atom. The first-order chi connectivity index (χ1) is 16.0. The highest BCUT2D eigenvalue weighted by atomic mass is 35.5. The van der Waals surface area contributed by atoms with Gasteiger partial charge in [0.2, 0.25) is 5.88 Å². The summed E-state index contributed by atoms with van der Waals surface area (Å²) in [6.07, 6.45) is 2.59. The van der Waals surface area contributed by atoms with E-state index < -0.39 is 12.1 Å². The van der Waals surface area contributed by atoms with Crippen LogP contribution in [0.25, 0.3) is 0 Å². The number of carbonyl (C=O) groups excluding carboxylic acids is 1. The molecule has 3 aromatic rings. The Morgan fingerprint density at radius 1 is 0.909 bits per heavy atom. The molecule has 0 saturated carbocycles. The second-order valence-electron chi connectivity index (χ2n) is 7.33. The fourth-order valence-corrected chi connectivity index (χ4v) is 3.40. The number of hydrogen-bond acceptors (Lipinski definition) is 7. The molecule has 2 aromatic heterocycles. The van der Waals surface area contributed by atoms with Gasteiger partial charge >= 0.3 is 12.1 Å². The Morgan fingerprint density at radius 3 is 2.24 bits per heavy atom. The van der Waals surface area contributed by atoms with Crippen molar-refractivity contribution >= 4 is 29.5 Å². The van der Waals surface area contributed by atoms with Crippen LogP contribution in [0.1, 0.15) is 5.56 Å². The molecule has 4 rings (SSSR count). The summed E-state index contributed by atoms with van der Waals surface area (Å²) in [7, 11) is 0. The first kappa shape index (κ1) is 22.3. The molecule has 1 aliphatic rings. The van der Waals surface area contributed by atoms with Crippen LogP contribution in [-0.2, 0) is 11.2 Å². The summed E-state index contributed by atoms with van der Waals surface area (Å²) in [6.45, 7) is 2.17. The molecule has 3 heterocycles. The Balaban J connectivity index is 1.26. The summed E-state index contributed by atoms with van der Waals surface area (Å²) >= 11 is 5.81. The van der Waals surface area contributed by atoms with Gasteiger partial charge in [-0.3, -0.25) is 4.79 Å². The van der Waals surface area contributed by atoms with E-state index >= 15 is 0 Å². The summed E-state index contributed by atoms with van der Waals surface area (Å²) in [4.78, 5) is 35.4. The molecule has 1 fully saturated rings. The average molecular weight is 469 g/mol. The molecule has 1 amide bonds. The lowest BCUT2D eigenvalue weighted by Crippen LogP contribution is -2.49. The molecule has 0 unspecified atom stereocenters. The molecule has 1 saturated heterocycles. The molecular weight excluding hydrogens is 448 g/mol. The number of carbonyl (C=O) groups is 2. The van der Waals surface area contributed by atoms with Crippen LogP contribution in [0.3, 0.4) is 0 Å². The Bertz CT molecular complexity index is 1100. The van der Waals surface area contributed by atoms with Crippen LogP contribution >= 0.6 is 11.6 Å². The van der Waals surface area contributed by atoms with E-state index in [0.29, 0.717) is 54.1 Å². The number of anilines is 1. The highest BCUT2D eigenvalue weighted by Crippen LogP contribution is 2.24. The molecule has 0 radical (unpaired) electrons. The zero-order chi connectivity index (χ0) is 23.2. The van der Waals surface area contributed by atoms with Crippen molar-refractivity contribution < 1.29 is 24.2 Å². The number of aromatic nitrogens is 2. The molecule has 10 heteroatoms. The molecule has 9 nitrogen and oxygen atoms in total. The van der Waals surface area contributed by atoms with Crippen molar-refractivity contribution in [2.75, 3.05) is 31.1 Å². The van der Waals surface area contributed by atoms with Crippen molar-refractivity contribution in [2.45, 2.75) is 6.42 Å². The van der Waals surface area contributed by atoms with E-state index in [4.69, 9.17) is 26.2 Å². The van der Waals surface area contributed by atoms with Crippen LogP contribution in [0.5, 0.6) is 17.4 Å². The van der Waals surface area contributed by atoms with E-state index in [1.807, 2.05) is 4.90 Å². The molecular formula is C23H21ClN4O5. The van der Waals surface area contributed by atoms with E-state index in [1.54, 1.807) is 59.6 Å². The third-order valence-corrected chi connectivity index (χ3v) is 5.20. The third-order valence-electron chi connectivity index (χ3n) is 4.98. The van der Waals surface area contributed by atoms with Gasteiger partial charge in [0.15, 0.2) is 0 Å². The van der Waals surface area contributed by atoms with Crippen LogP contribution in [-0.4, -0.2) is 58.2 Å². The maximum absolute atomic E-state index is 12.5. The molecule has 1 N–H and O–H groups in total. The van der Waals surface area contributed by atoms with Crippen molar-refractivity contribution in [1.82, 2.24) is 14.9 Å². The standard InChI is InChI=1S/C23H21ClN4O5/c24-17-2-8-21(26-15-17)32-18-3-5-19(6-4-18)33-23(31)28-11-9-27(10-12-28)20-7-1-16(14-25-20)13-22(29)30/h1-8,14-15H,9-13H2,(H,29,30). The number of aliphatic carboxylic acids is 1. The van der Waals surface area contributed by atoms with Gasteiger partial charge in [-0.2, -0.15) is 0 Å². The maximum Gasteiger partial charge on any atom is 0.415 e. The predicted molar refractivity (Wildman–Crippen MR) is 121 cm³/mol. The average Bonchev–Trinajstić information content (AvgIpc) is 2.82. The molecule has 1 aliphatic heterocycles. The van der Waals surface area contributed by atoms with Gasteiger partial charge < -0.3 is 24.4 Å². The lowest BCUT2D eigenvalue weighted by molar-refractivity contribution is -0.136. The number of amides is 1. The van der Waals surface area contributed by atoms with E-state index in [2.05, 4.69) is 9.97 Å². The monoisotopic (exact) mass is 468 g/mol. The molecule has 0 aliphatic carbocycles. The van der Waals surface area contributed by atoms with Gasteiger partial charge in [-0.05, 0) is 42.0 Å². The Labute approximate surface area is 195 Å². The number of pyridine rings is 2. The Kier molecular flexibility index (Phi) is 6.89. The van der Waals surface area contributed by atoms with Crippen molar-refractivity contribution in [2.24, 2.45) is 0 Å². The second kappa shape index (κ2) is 10.2. The zero-order valence-electron chi connectivity index (χ0n) is 17.6. The number of benzene rings is 1. The lowest BCUT2D eigenvalue weighted by atomic mass is 10.2. The van der Waals surface area contributed by atoms with Crippen molar-refractivity contribution in [3.8, 4) is 17.4 Å². The number of carboxylic acid groups (broad SMARTS) is 1. The van der Waals surface area contributed by atoms with Crippen molar-refractivity contribution in [3.05, 3.63) is 71.5 Å². The highest BCUT2D eigenvalue weighted by Gasteiger charge is 2.23. The summed E-state index contributed by atoms with van der Waals surface area (Å²) in [5.74, 6) is 1.24. The summed E-state index contributed by atoms with van der Waals surface area (Å²) in [5.41, 5.74) is 0.648. The van der Waals surface area contributed by atoms with Crippen molar-refractivity contribution in [1.29, 1.82) is 0 Å². The van der Waals surface area contributed by atoms with E-state index in [0.717, 1.165) is 5.82 Å². The first-order valence-corrected chi connectivity index (χ1v) is 10.6. The van der Waals surface area contributed by atoms with Gasteiger partial charge in [-0.1, -0.05) is 17.7 Å². The number of halogens is 1. The van der Waals surface area contributed by atoms with Gasteiger partial charge in [0.1, 0.15) is 17.3 Å². The zero-order valence-corrected chi connectivity index (χ0v) is 18.3. The van der Waals surface area contributed by atoms with E-state index in [-0.39, 0.29) is 6.42 Å². The number of carboxylic acids is 1. The molecule has 0 bridgehead atoms. The van der Waals surface area contributed by atoms with Gasteiger partial charge in [0, 0.05) is 44.6 Å². The first-order valence-electron chi connectivity index (χ1n) is 10.2. The fourth-order valence-electron chi connectivity index (χ4n) is 3.29. The SMILES string of the molecule is O=C(O)Cc1ccc(N2CCN(C(=O)Oc3ccc(Oc4ccc(Cl)cn4)cc3)CC2)nc1. The summed E-state index contributed by atoms with van der Waals surface area (Å²) in [6, 6.07) is 13.6. The summed E-state index contributed by atoms with van der Waals surface area (Å²) < 4.78 is 11.1. The molecule has 0 spiro atoms.